The van der Waals surface area contributed by atoms with Gasteiger partial charge in [0.15, 0.2) is 0 Å². The SMILES string of the molecule is CCN(c1ccccc1C)C1CCCc2c(O)cccc21. The summed E-state index contributed by atoms with van der Waals surface area (Å²) in [5.74, 6) is 0.457. The van der Waals surface area contributed by atoms with Crippen LogP contribution in [-0.2, 0) is 6.42 Å². The number of rotatable bonds is 3. The molecule has 0 aromatic heterocycles. The van der Waals surface area contributed by atoms with E-state index in [-0.39, 0.29) is 0 Å². The minimum atomic E-state index is 0.368. The fourth-order valence-electron chi connectivity index (χ4n) is 3.57. The highest BCUT2D eigenvalue weighted by Crippen LogP contribution is 2.40. The molecule has 1 aliphatic rings. The van der Waals surface area contributed by atoms with Gasteiger partial charge >= 0.3 is 0 Å². The predicted molar refractivity (Wildman–Crippen MR) is 88.0 cm³/mol. The second-order valence-electron chi connectivity index (χ2n) is 5.83. The van der Waals surface area contributed by atoms with Crippen LogP contribution in [0.5, 0.6) is 5.75 Å². The van der Waals surface area contributed by atoms with Gasteiger partial charge in [0.2, 0.25) is 0 Å². The van der Waals surface area contributed by atoms with Crippen molar-refractivity contribution in [2.75, 3.05) is 11.4 Å². The van der Waals surface area contributed by atoms with Crippen LogP contribution in [-0.4, -0.2) is 11.7 Å². The number of phenols is 1. The van der Waals surface area contributed by atoms with E-state index in [4.69, 9.17) is 0 Å². The molecule has 0 saturated carbocycles. The van der Waals surface area contributed by atoms with Crippen molar-refractivity contribution in [3.63, 3.8) is 0 Å². The van der Waals surface area contributed by atoms with E-state index in [1.807, 2.05) is 12.1 Å². The molecule has 0 saturated heterocycles. The highest BCUT2D eigenvalue weighted by atomic mass is 16.3. The first kappa shape index (κ1) is 14.0. The molecular formula is C19H23NO. The molecule has 1 atom stereocenters. The van der Waals surface area contributed by atoms with Crippen molar-refractivity contribution in [1.82, 2.24) is 0 Å². The lowest BCUT2D eigenvalue weighted by Crippen LogP contribution is -2.31. The van der Waals surface area contributed by atoms with Crippen LogP contribution in [0.3, 0.4) is 0 Å². The first-order valence-corrected chi connectivity index (χ1v) is 7.85. The first-order valence-electron chi connectivity index (χ1n) is 7.85. The monoisotopic (exact) mass is 281 g/mol. The quantitative estimate of drug-likeness (QED) is 0.888. The standard InChI is InChI=1S/C19H23NO/c1-3-20(17-11-5-4-8-14(17)2)18-12-6-10-16-15(18)9-7-13-19(16)21/h4-5,7-9,11,13,18,21H,3,6,10,12H2,1-2H3. The Morgan fingerprint density at radius 2 is 1.95 bits per heavy atom. The third kappa shape index (κ3) is 2.51. The summed E-state index contributed by atoms with van der Waals surface area (Å²) in [6.07, 6.45) is 3.28. The Morgan fingerprint density at radius 1 is 1.14 bits per heavy atom. The first-order chi connectivity index (χ1) is 10.2. The molecule has 0 heterocycles. The van der Waals surface area contributed by atoms with Gasteiger partial charge in [0.05, 0.1) is 6.04 Å². The molecule has 1 aliphatic carbocycles. The van der Waals surface area contributed by atoms with Gasteiger partial charge in [-0.05, 0) is 61.9 Å². The van der Waals surface area contributed by atoms with Crippen molar-refractivity contribution in [2.45, 2.75) is 39.2 Å². The van der Waals surface area contributed by atoms with Gasteiger partial charge in [0, 0.05) is 12.2 Å². The Morgan fingerprint density at radius 3 is 2.71 bits per heavy atom. The lowest BCUT2D eigenvalue weighted by molar-refractivity contribution is 0.450. The van der Waals surface area contributed by atoms with Gasteiger partial charge in [-0.1, -0.05) is 30.3 Å². The van der Waals surface area contributed by atoms with E-state index >= 15 is 0 Å². The number of fused-ring (bicyclic) bond motifs is 1. The van der Waals surface area contributed by atoms with Crippen LogP contribution < -0.4 is 4.90 Å². The van der Waals surface area contributed by atoms with Gasteiger partial charge < -0.3 is 10.0 Å². The maximum atomic E-state index is 10.1. The smallest absolute Gasteiger partial charge is 0.119 e. The van der Waals surface area contributed by atoms with Crippen LogP contribution in [0.4, 0.5) is 5.69 Å². The number of phenolic OH excluding ortho intramolecular Hbond substituents is 1. The van der Waals surface area contributed by atoms with Gasteiger partial charge in [0.1, 0.15) is 5.75 Å². The fourth-order valence-corrected chi connectivity index (χ4v) is 3.57. The molecule has 0 aliphatic heterocycles. The molecule has 1 N–H and O–H groups in total. The lowest BCUT2D eigenvalue weighted by atomic mass is 9.85. The number of benzene rings is 2. The largest absolute Gasteiger partial charge is 0.508 e. The lowest BCUT2D eigenvalue weighted by Gasteiger charge is -2.38. The van der Waals surface area contributed by atoms with Crippen molar-refractivity contribution < 1.29 is 5.11 Å². The zero-order valence-electron chi connectivity index (χ0n) is 12.8. The van der Waals surface area contributed by atoms with E-state index in [1.54, 1.807) is 0 Å². The minimum Gasteiger partial charge on any atom is -0.508 e. The number of aryl methyl sites for hydroxylation is 1. The fraction of sp³-hybridized carbons (Fsp3) is 0.368. The van der Waals surface area contributed by atoms with Crippen molar-refractivity contribution in [2.24, 2.45) is 0 Å². The zero-order chi connectivity index (χ0) is 14.8. The van der Waals surface area contributed by atoms with E-state index in [9.17, 15) is 5.11 Å². The molecule has 110 valence electrons. The van der Waals surface area contributed by atoms with E-state index in [2.05, 4.69) is 49.1 Å². The van der Waals surface area contributed by atoms with Gasteiger partial charge in [-0.3, -0.25) is 0 Å². The van der Waals surface area contributed by atoms with Crippen molar-refractivity contribution >= 4 is 5.69 Å². The van der Waals surface area contributed by atoms with Crippen LogP contribution in [0.15, 0.2) is 42.5 Å². The minimum absolute atomic E-state index is 0.368. The van der Waals surface area contributed by atoms with Crippen LogP contribution >= 0.6 is 0 Å². The van der Waals surface area contributed by atoms with Gasteiger partial charge in [-0.15, -0.1) is 0 Å². The van der Waals surface area contributed by atoms with Crippen LogP contribution in [0.25, 0.3) is 0 Å². The second kappa shape index (κ2) is 5.80. The third-order valence-electron chi connectivity index (χ3n) is 4.59. The van der Waals surface area contributed by atoms with Crippen LogP contribution in [0.2, 0.25) is 0 Å². The summed E-state index contributed by atoms with van der Waals surface area (Å²) in [5.41, 5.74) is 5.06. The number of aromatic hydroxyl groups is 1. The Labute approximate surface area is 127 Å². The summed E-state index contributed by atoms with van der Waals surface area (Å²) in [5, 5.41) is 10.1. The van der Waals surface area contributed by atoms with Crippen LogP contribution in [0.1, 0.15) is 42.5 Å². The van der Waals surface area contributed by atoms with Crippen molar-refractivity contribution in [3.8, 4) is 5.75 Å². The molecule has 1 unspecified atom stereocenters. The summed E-state index contributed by atoms with van der Waals surface area (Å²) < 4.78 is 0. The number of hydrogen-bond acceptors (Lipinski definition) is 2. The third-order valence-corrected chi connectivity index (χ3v) is 4.59. The molecule has 0 amide bonds. The maximum absolute atomic E-state index is 10.1. The molecule has 2 nitrogen and oxygen atoms in total. The zero-order valence-corrected chi connectivity index (χ0v) is 12.8. The van der Waals surface area contributed by atoms with E-state index in [1.165, 1.54) is 16.8 Å². The molecule has 0 fully saturated rings. The van der Waals surface area contributed by atoms with Gasteiger partial charge in [-0.2, -0.15) is 0 Å². The van der Waals surface area contributed by atoms with E-state index < -0.39 is 0 Å². The summed E-state index contributed by atoms with van der Waals surface area (Å²) in [6, 6.07) is 14.9. The molecule has 21 heavy (non-hydrogen) atoms. The van der Waals surface area contributed by atoms with Gasteiger partial charge in [0.25, 0.3) is 0 Å². The number of anilines is 1. The van der Waals surface area contributed by atoms with Crippen molar-refractivity contribution in [1.29, 1.82) is 0 Å². The summed E-state index contributed by atoms with van der Waals surface area (Å²) in [4.78, 5) is 2.48. The summed E-state index contributed by atoms with van der Waals surface area (Å²) >= 11 is 0. The highest BCUT2D eigenvalue weighted by molar-refractivity contribution is 5.56. The Bertz CT molecular complexity index is 635. The van der Waals surface area contributed by atoms with Crippen LogP contribution in [0, 0.1) is 6.92 Å². The number of hydrogen-bond donors (Lipinski definition) is 1. The molecule has 2 heteroatoms. The molecule has 3 rings (SSSR count). The van der Waals surface area contributed by atoms with E-state index in [0.29, 0.717) is 11.8 Å². The van der Waals surface area contributed by atoms with Crippen molar-refractivity contribution in [3.05, 3.63) is 59.2 Å². The molecular weight excluding hydrogens is 258 g/mol. The number of para-hydroxylation sites is 1. The number of nitrogens with zero attached hydrogens (tertiary/aromatic N) is 1. The predicted octanol–water partition coefficient (Wildman–Crippen LogP) is 4.60. The highest BCUT2D eigenvalue weighted by Gasteiger charge is 2.27. The normalized spacial score (nSPS) is 17.3. The second-order valence-corrected chi connectivity index (χ2v) is 5.83. The maximum Gasteiger partial charge on any atom is 0.119 e. The molecule has 2 aromatic rings. The van der Waals surface area contributed by atoms with E-state index in [0.717, 1.165) is 31.4 Å². The molecule has 0 spiro atoms. The Kier molecular flexibility index (Phi) is 3.87. The Hall–Kier alpha value is -1.96. The average molecular weight is 281 g/mol. The van der Waals surface area contributed by atoms with Gasteiger partial charge in [-0.25, -0.2) is 0 Å². The molecule has 2 aromatic carbocycles. The average Bonchev–Trinajstić information content (AvgIpc) is 2.51. The topological polar surface area (TPSA) is 23.5 Å². The molecule has 0 bridgehead atoms. The molecule has 0 radical (unpaired) electrons. The summed E-state index contributed by atoms with van der Waals surface area (Å²) in [7, 11) is 0. The summed E-state index contributed by atoms with van der Waals surface area (Å²) in [6.45, 7) is 5.36. The Balaban J connectivity index is 2.04.